The second-order valence-electron chi connectivity index (χ2n) is 8.17. The molecule has 2 atom stereocenters. The molecule has 1 aromatic rings. The average Bonchev–Trinajstić information content (AvgIpc) is 2.54. The number of piperidine rings is 2. The van der Waals surface area contributed by atoms with Gasteiger partial charge in [-0.3, -0.25) is 4.90 Å². The summed E-state index contributed by atoms with van der Waals surface area (Å²) in [6.45, 7) is 5.56. The van der Waals surface area contributed by atoms with Crippen LogP contribution in [-0.2, 0) is 6.18 Å². The van der Waals surface area contributed by atoms with Crippen LogP contribution in [0.5, 0.6) is 0 Å². The van der Waals surface area contributed by atoms with Crippen LogP contribution in [0.25, 0.3) is 0 Å². The maximum atomic E-state index is 12.6. The molecule has 2 aliphatic rings. The minimum atomic E-state index is -4.37. The van der Waals surface area contributed by atoms with Gasteiger partial charge in [0.2, 0.25) is 0 Å². The quantitative estimate of drug-likeness (QED) is 0.779. The Labute approximate surface area is 158 Å². The van der Waals surface area contributed by atoms with Crippen molar-refractivity contribution in [3.63, 3.8) is 0 Å². The van der Waals surface area contributed by atoms with E-state index in [0.29, 0.717) is 23.7 Å². The highest BCUT2D eigenvalue weighted by Crippen LogP contribution is 2.34. The summed E-state index contributed by atoms with van der Waals surface area (Å²) in [6.07, 6.45) is 1.08. The van der Waals surface area contributed by atoms with Gasteiger partial charge in [-0.05, 0) is 55.9 Å². The second-order valence-corrected chi connectivity index (χ2v) is 8.17. The molecule has 0 spiro atoms. The topological polar surface area (TPSA) is 44.4 Å². The molecular weight excluding hydrogens is 355 g/mol. The molecule has 2 heterocycles. The number of nitrogens with one attached hydrogen (secondary N) is 2. The third-order valence-electron chi connectivity index (χ3n) is 5.51. The molecule has 2 saturated heterocycles. The molecular formula is C20H28F3N3O. The average molecular weight is 383 g/mol. The molecule has 4 nitrogen and oxygen atoms in total. The van der Waals surface area contributed by atoms with Gasteiger partial charge in [0, 0.05) is 30.4 Å². The van der Waals surface area contributed by atoms with E-state index >= 15 is 0 Å². The van der Waals surface area contributed by atoms with Gasteiger partial charge >= 0.3 is 12.2 Å². The van der Waals surface area contributed by atoms with Crippen LogP contribution in [-0.4, -0.2) is 35.6 Å². The number of alkyl halides is 3. The molecule has 2 bridgehead atoms. The standard InChI is InChI=1S/C20H28F3N3O/c1-13(2)12-26-17-4-3-5-18(26)11-16(10-17)25-19(27)24-15-8-6-14(7-9-15)20(21,22)23/h6-9,13,16-18H,3-5,10-12H2,1-2H3,(H2,24,25,27). The largest absolute Gasteiger partial charge is 0.416 e. The molecule has 2 amide bonds. The highest BCUT2D eigenvalue weighted by atomic mass is 19.4. The number of rotatable bonds is 4. The Morgan fingerprint density at radius 3 is 2.26 bits per heavy atom. The van der Waals surface area contributed by atoms with Gasteiger partial charge in [-0.2, -0.15) is 13.2 Å². The first-order valence-corrected chi connectivity index (χ1v) is 9.73. The lowest BCUT2D eigenvalue weighted by molar-refractivity contribution is -0.137. The fourth-order valence-corrected chi connectivity index (χ4v) is 4.41. The smallest absolute Gasteiger partial charge is 0.335 e. The summed E-state index contributed by atoms with van der Waals surface area (Å²) in [5, 5.41) is 5.66. The van der Waals surface area contributed by atoms with Crippen LogP contribution in [0, 0.1) is 5.92 Å². The summed E-state index contributed by atoms with van der Waals surface area (Å²) >= 11 is 0. The minimum Gasteiger partial charge on any atom is -0.335 e. The summed E-state index contributed by atoms with van der Waals surface area (Å²) in [4.78, 5) is 14.9. The van der Waals surface area contributed by atoms with Gasteiger partial charge in [0.05, 0.1) is 5.56 Å². The molecule has 0 aromatic heterocycles. The van der Waals surface area contributed by atoms with Gasteiger partial charge in [0.1, 0.15) is 0 Å². The van der Waals surface area contributed by atoms with Gasteiger partial charge in [0.15, 0.2) is 0 Å². The molecule has 0 radical (unpaired) electrons. The van der Waals surface area contributed by atoms with Gasteiger partial charge in [-0.15, -0.1) is 0 Å². The zero-order valence-electron chi connectivity index (χ0n) is 15.9. The highest BCUT2D eigenvalue weighted by molar-refractivity contribution is 5.89. The van der Waals surface area contributed by atoms with Crippen LogP contribution >= 0.6 is 0 Å². The van der Waals surface area contributed by atoms with Gasteiger partial charge in [0.25, 0.3) is 0 Å². The number of hydrogen-bond donors (Lipinski definition) is 2. The van der Waals surface area contributed by atoms with E-state index in [-0.39, 0.29) is 12.1 Å². The lowest BCUT2D eigenvalue weighted by Gasteiger charge is -2.49. The van der Waals surface area contributed by atoms with E-state index < -0.39 is 11.7 Å². The number of fused-ring (bicyclic) bond motifs is 2. The normalized spacial score (nSPS) is 26.1. The van der Waals surface area contributed by atoms with Gasteiger partial charge in [-0.25, -0.2) is 4.79 Å². The van der Waals surface area contributed by atoms with Crippen molar-refractivity contribution in [3.05, 3.63) is 29.8 Å². The van der Waals surface area contributed by atoms with Crippen molar-refractivity contribution in [2.75, 3.05) is 11.9 Å². The number of anilines is 1. The fraction of sp³-hybridized carbons (Fsp3) is 0.650. The Kier molecular flexibility index (Phi) is 5.99. The molecule has 0 saturated carbocycles. The number of hydrogen-bond acceptors (Lipinski definition) is 2. The van der Waals surface area contributed by atoms with Crippen LogP contribution in [0.4, 0.5) is 23.7 Å². The summed E-state index contributed by atoms with van der Waals surface area (Å²) in [7, 11) is 0. The van der Waals surface area contributed by atoms with Crippen LogP contribution in [0.1, 0.15) is 51.5 Å². The zero-order valence-corrected chi connectivity index (χ0v) is 15.9. The third kappa shape index (κ3) is 5.15. The Morgan fingerprint density at radius 2 is 1.74 bits per heavy atom. The first-order chi connectivity index (χ1) is 12.7. The fourth-order valence-electron chi connectivity index (χ4n) is 4.41. The van der Waals surface area contributed by atoms with Crippen molar-refractivity contribution in [3.8, 4) is 0 Å². The van der Waals surface area contributed by atoms with E-state index in [2.05, 4.69) is 29.4 Å². The Bertz CT molecular complexity index is 631. The van der Waals surface area contributed by atoms with Crippen LogP contribution in [0.15, 0.2) is 24.3 Å². The number of carbonyl (C=O) groups is 1. The molecule has 150 valence electrons. The minimum absolute atomic E-state index is 0.109. The molecule has 2 N–H and O–H groups in total. The van der Waals surface area contributed by atoms with Crippen molar-refractivity contribution in [2.45, 2.75) is 70.3 Å². The Morgan fingerprint density at radius 1 is 1.15 bits per heavy atom. The highest BCUT2D eigenvalue weighted by Gasteiger charge is 2.38. The molecule has 2 aliphatic heterocycles. The van der Waals surface area contributed by atoms with E-state index in [4.69, 9.17) is 0 Å². The number of halogens is 3. The zero-order chi connectivity index (χ0) is 19.6. The third-order valence-corrected chi connectivity index (χ3v) is 5.51. The number of nitrogens with zero attached hydrogens (tertiary/aromatic N) is 1. The summed E-state index contributed by atoms with van der Waals surface area (Å²) in [6, 6.07) is 5.29. The number of amides is 2. The SMILES string of the molecule is CC(C)CN1C2CCCC1CC(NC(=O)Nc1ccc(C(F)(F)F)cc1)C2. The van der Waals surface area contributed by atoms with Gasteiger partial charge in [-0.1, -0.05) is 20.3 Å². The predicted molar refractivity (Wildman–Crippen MR) is 99.6 cm³/mol. The molecule has 1 aromatic carbocycles. The number of benzene rings is 1. The maximum Gasteiger partial charge on any atom is 0.416 e. The van der Waals surface area contributed by atoms with Crippen molar-refractivity contribution >= 4 is 11.7 Å². The molecule has 3 rings (SSSR count). The predicted octanol–water partition coefficient (Wildman–Crippen LogP) is 4.87. The van der Waals surface area contributed by atoms with E-state index in [0.717, 1.165) is 31.5 Å². The van der Waals surface area contributed by atoms with E-state index in [1.807, 2.05) is 0 Å². The summed E-state index contributed by atoms with van der Waals surface area (Å²) in [5.41, 5.74) is -0.364. The van der Waals surface area contributed by atoms with Crippen molar-refractivity contribution in [1.82, 2.24) is 10.2 Å². The number of carbonyl (C=O) groups excluding carboxylic acids is 1. The maximum absolute atomic E-state index is 12.6. The van der Waals surface area contributed by atoms with E-state index in [1.54, 1.807) is 0 Å². The summed E-state index contributed by atoms with van der Waals surface area (Å²) < 4.78 is 37.8. The van der Waals surface area contributed by atoms with Crippen molar-refractivity contribution in [2.24, 2.45) is 5.92 Å². The molecule has 2 fully saturated rings. The molecule has 27 heavy (non-hydrogen) atoms. The van der Waals surface area contributed by atoms with Gasteiger partial charge < -0.3 is 10.6 Å². The Hall–Kier alpha value is -1.76. The van der Waals surface area contributed by atoms with Crippen molar-refractivity contribution < 1.29 is 18.0 Å². The van der Waals surface area contributed by atoms with Crippen LogP contribution < -0.4 is 10.6 Å². The first kappa shape index (κ1) is 20.0. The summed E-state index contributed by atoms with van der Waals surface area (Å²) in [5.74, 6) is 0.626. The lowest BCUT2D eigenvalue weighted by atomic mass is 9.81. The Balaban J connectivity index is 1.54. The van der Waals surface area contributed by atoms with Crippen LogP contribution in [0.3, 0.4) is 0 Å². The monoisotopic (exact) mass is 383 g/mol. The van der Waals surface area contributed by atoms with Crippen LogP contribution in [0.2, 0.25) is 0 Å². The van der Waals surface area contributed by atoms with Crippen molar-refractivity contribution in [1.29, 1.82) is 0 Å². The molecule has 0 aliphatic carbocycles. The number of urea groups is 1. The lowest BCUT2D eigenvalue weighted by Crippen LogP contribution is -2.58. The van der Waals surface area contributed by atoms with E-state index in [1.165, 1.54) is 31.4 Å². The van der Waals surface area contributed by atoms with E-state index in [9.17, 15) is 18.0 Å². The first-order valence-electron chi connectivity index (χ1n) is 9.73. The molecule has 2 unspecified atom stereocenters. The second kappa shape index (κ2) is 8.09. The molecule has 7 heteroatoms.